The number of Topliss-reactive ketones (excluding diaryl/α,β-unsaturated/α-hetero) is 1. The largest absolute Gasteiger partial charge is 0.461 e. The molecule has 138 valence electrons. The van der Waals surface area contributed by atoms with Crippen molar-refractivity contribution in [1.29, 1.82) is 1.43 Å². The molecule has 0 bridgehead atoms. The van der Waals surface area contributed by atoms with E-state index in [0.29, 0.717) is 25.1 Å². The van der Waals surface area contributed by atoms with E-state index >= 15 is 0 Å². The molecule has 0 amide bonds. The van der Waals surface area contributed by atoms with Gasteiger partial charge in [0.15, 0.2) is 11.9 Å². The number of aromatic nitrogens is 2. The van der Waals surface area contributed by atoms with Crippen molar-refractivity contribution >= 4 is 11.5 Å². The third kappa shape index (κ3) is 4.31. The van der Waals surface area contributed by atoms with Crippen LogP contribution in [-0.2, 0) is 4.79 Å². The third-order valence-electron chi connectivity index (χ3n) is 4.61. The van der Waals surface area contributed by atoms with Crippen LogP contribution in [0.4, 0.5) is 5.69 Å². The van der Waals surface area contributed by atoms with Gasteiger partial charge in [0.25, 0.3) is 5.88 Å². The normalized spacial score (nSPS) is 23.6. The Balaban J connectivity index is 2.25. The lowest BCUT2D eigenvalue weighted by atomic mass is 9.97. The summed E-state index contributed by atoms with van der Waals surface area (Å²) < 4.78 is 12.6. The number of carbonyl (C=O) groups is 1. The minimum absolute atomic E-state index is 0.00426. The Morgan fingerprint density at radius 3 is 2.80 bits per heavy atom. The summed E-state index contributed by atoms with van der Waals surface area (Å²) >= 11 is 0. The van der Waals surface area contributed by atoms with Gasteiger partial charge in [0, 0.05) is 18.4 Å². The van der Waals surface area contributed by atoms with Crippen LogP contribution in [0.5, 0.6) is 5.88 Å². The highest BCUT2D eigenvalue weighted by atomic mass is 16.6. The number of nitrogens with zero attached hydrogens (tertiary/aromatic N) is 3. The molecular weight excluding hydrogens is 326 g/mol. The number of aliphatic hydroxyl groups excluding tert-OH is 1. The van der Waals surface area contributed by atoms with Gasteiger partial charge in [-0.25, -0.2) is 4.98 Å². The van der Waals surface area contributed by atoms with Crippen molar-refractivity contribution in [2.75, 3.05) is 6.61 Å². The van der Waals surface area contributed by atoms with Gasteiger partial charge in [-0.1, -0.05) is 13.3 Å². The molecule has 1 aliphatic carbocycles. The summed E-state index contributed by atoms with van der Waals surface area (Å²) in [5.74, 6) is 0.0235. The van der Waals surface area contributed by atoms with Gasteiger partial charge in [-0.3, -0.25) is 14.9 Å². The highest BCUT2D eigenvalue weighted by molar-refractivity contribution is 5.88. The molecule has 1 N–H and O–H groups in total. The Morgan fingerprint density at radius 2 is 2.16 bits per heavy atom. The van der Waals surface area contributed by atoms with Crippen molar-refractivity contribution < 1.29 is 19.6 Å². The molecule has 8 heteroatoms. The number of ether oxygens (including phenoxy) is 1. The fraction of sp³-hybridized carbons (Fsp3) is 0.706. The molecule has 25 heavy (non-hydrogen) atoms. The van der Waals surface area contributed by atoms with Crippen LogP contribution >= 0.6 is 0 Å². The van der Waals surface area contributed by atoms with Gasteiger partial charge >= 0.3 is 5.69 Å². The fourth-order valence-corrected chi connectivity index (χ4v) is 3.54. The Kier molecular flexibility index (Phi) is 5.91. The van der Waals surface area contributed by atoms with Crippen LogP contribution in [0.25, 0.3) is 0 Å². The molecule has 8 nitrogen and oxygen atoms in total. The highest BCUT2D eigenvalue weighted by Gasteiger charge is 2.44. The van der Waals surface area contributed by atoms with Crippen molar-refractivity contribution in [2.24, 2.45) is 11.8 Å². The Morgan fingerprint density at radius 1 is 1.40 bits per heavy atom. The lowest BCUT2D eigenvalue weighted by molar-refractivity contribution is -0.387. The van der Waals surface area contributed by atoms with Crippen LogP contribution in [0.3, 0.4) is 0 Å². The van der Waals surface area contributed by atoms with E-state index in [0.717, 1.165) is 12.8 Å². The molecule has 0 radical (unpaired) electrons. The number of hydrogen-bond donors (Lipinski definition) is 1. The SMILES string of the molecule is [3H]OCCC[C@H]1C[C@H](CCC)[C@H](Oc2nc(C)nc(C)c2[N+](=O)[O-])C1=O. The second-order valence-electron chi connectivity index (χ2n) is 6.54. The molecule has 1 aliphatic rings. The topological polar surface area (TPSA) is 115 Å². The second-order valence-corrected chi connectivity index (χ2v) is 6.54. The van der Waals surface area contributed by atoms with Crippen LogP contribution < -0.4 is 4.74 Å². The zero-order valence-corrected chi connectivity index (χ0v) is 14.9. The lowest BCUT2D eigenvalue weighted by Gasteiger charge is -2.19. The zero-order chi connectivity index (χ0) is 19.3. The van der Waals surface area contributed by atoms with Crippen molar-refractivity contribution in [1.82, 2.24) is 9.97 Å². The van der Waals surface area contributed by atoms with Crippen LogP contribution in [0, 0.1) is 35.8 Å². The first kappa shape index (κ1) is 17.7. The van der Waals surface area contributed by atoms with Gasteiger partial charge in [-0.2, -0.15) is 4.98 Å². The number of rotatable bonds is 9. The molecule has 0 saturated heterocycles. The molecule has 1 heterocycles. The first-order valence-corrected chi connectivity index (χ1v) is 8.67. The molecule has 0 aromatic carbocycles. The predicted octanol–water partition coefficient (Wildman–Crippen LogP) is 2.53. The molecule has 1 saturated carbocycles. The monoisotopic (exact) mass is 353 g/mol. The Hall–Kier alpha value is -2.09. The smallest absolute Gasteiger partial charge is 0.351 e. The van der Waals surface area contributed by atoms with Gasteiger partial charge in [-0.05, 0) is 39.5 Å². The number of nitro groups is 1. The summed E-state index contributed by atoms with van der Waals surface area (Å²) in [7, 11) is 0. The Bertz CT molecular complexity index is 670. The highest BCUT2D eigenvalue weighted by Crippen LogP contribution is 2.38. The quantitative estimate of drug-likeness (QED) is 0.412. The molecule has 0 aliphatic heterocycles. The number of hydrogen-bond acceptors (Lipinski definition) is 7. The maximum atomic E-state index is 12.8. The molecule has 2 rings (SSSR count). The minimum Gasteiger partial charge on any atom is -0.461 e. The molecule has 1 fully saturated rings. The molecule has 0 unspecified atom stereocenters. The van der Waals surface area contributed by atoms with Crippen molar-refractivity contribution in [3.05, 3.63) is 21.6 Å². The van der Waals surface area contributed by atoms with E-state index in [1.54, 1.807) is 6.92 Å². The first-order valence-electron chi connectivity index (χ1n) is 9.07. The summed E-state index contributed by atoms with van der Waals surface area (Å²) in [6.07, 6.45) is 2.90. The number of ketones is 1. The van der Waals surface area contributed by atoms with Crippen LogP contribution in [0.1, 0.15) is 50.5 Å². The number of aryl methyl sites for hydroxylation is 2. The molecule has 1 aromatic heterocycles. The van der Waals surface area contributed by atoms with Crippen LogP contribution in [-0.4, -0.2) is 39.9 Å². The van der Waals surface area contributed by atoms with Gasteiger partial charge in [0.05, 0.1) is 4.92 Å². The summed E-state index contributed by atoms with van der Waals surface area (Å²) in [6.45, 7) is 5.48. The first-order chi connectivity index (χ1) is 12.4. The maximum Gasteiger partial charge on any atom is 0.351 e. The third-order valence-corrected chi connectivity index (χ3v) is 4.61. The zero-order valence-electron chi connectivity index (χ0n) is 15.9. The molecule has 1 aromatic rings. The minimum atomic E-state index is -0.732. The van der Waals surface area contributed by atoms with Gasteiger partial charge in [-0.15, -0.1) is 0 Å². The van der Waals surface area contributed by atoms with Gasteiger partial charge in [0.2, 0.25) is 1.43 Å². The lowest BCUT2D eigenvalue weighted by Crippen LogP contribution is -2.31. The van der Waals surface area contributed by atoms with E-state index in [9.17, 15) is 14.9 Å². The molecule has 3 atom stereocenters. The number of carbonyl (C=O) groups excluding carboxylic acids is 1. The standard InChI is InChI=1S/C17H25N3O5/c1-4-6-13-9-12(7-5-8-21)15(22)16(13)25-17-14(20(23)24)10(2)18-11(3)19-17/h12-13,16,21H,4-9H2,1-3H3/t12-,13-,16-/m0/s1/i21T. The molecule has 0 spiro atoms. The number of aliphatic hydroxyl groups is 1. The second kappa shape index (κ2) is 8.33. The fourth-order valence-electron chi connectivity index (χ4n) is 3.54. The summed E-state index contributed by atoms with van der Waals surface area (Å²) in [5.41, 5.74) is -0.0659. The summed E-state index contributed by atoms with van der Waals surface area (Å²) in [4.78, 5) is 31.7. The Labute approximate surface area is 148 Å². The van der Waals surface area contributed by atoms with Crippen molar-refractivity contribution in [3.8, 4) is 5.88 Å². The molecular formula is C17H25N3O5. The van der Waals surface area contributed by atoms with Crippen LogP contribution in [0.2, 0.25) is 0 Å². The maximum absolute atomic E-state index is 12.8. The van der Waals surface area contributed by atoms with Crippen LogP contribution in [0.15, 0.2) is 0 Å². The van der Waals surface area contributed by atoms with E-state index in [1.165, 1.54) is 6.92 Å². The van der Waals surface area contributed by atoms with E-state index in [4.69, 9.17) is 6.17 Å². The van der Waals surface area contributed by atoms with E-state index in [1.807, 2.05) is 6.92 Å². The average Bonchev–Trinajstić information content (AvgIpc) is 2.83. The van der Waals surface area contributed by atoms with Crippen molar-refractivity contribution in [2.45, 2.75) is 59.0 Å². The van der Waals surface area contributed by atoms with E-state index in [2.05, 4.69) is 15.1 Å². The predicted molar refractivity (Wildman–Crippen MR) is 90.4 cm³/mol. The summed E-state index contributed by atoms with van der Waals surface area (Å²) in [5, 5.41) is 15.7. The van der Waals surface area contributed by atoms with Gasteiger partial charge in [0.1, 0.15) is 11.5 Å². The van der Waals surface area contributed by atoms with Gasteiger partial charge < -0.3 is 9.85 Å². The van der Waals surface area contributed by atoms with E-state index < -0.39 is 11.0 Å². The average molecular weight is 353 g/mol. The van der Waals surface area contributed by atoms with Crippen molar-refractivity contribution in [3.63, 3.8) is 0 Å². The summed E-state index contributed by atoms with van der Waals surface area (Å²) in [6, 6.07) is 0. The van der Waals surface area contributed by atoms with E-state index in [-0.39, 0.29) is 41.5 Å².